The van der Waals surface area contributed by atoms with Crippen LogP contribution in [0.2, 0.25) is 0 Å². The van der Waals surface area contributed by atoms with Gasteiger partial charge in [-0.05, 0) is 25.1 Å². The molecule has 0 heterocycles. The lowest BCUT2D eigenvalue weighted by molar-refractivity contribution is -0.132. The van der Waals surface area contributed by atoms with Gasteiger partial charge in [0.15, 0.2) is 0 Å². The number of carboxylic acids is 1. The molecule has 0 aliphatic heterocycles. The molecule has 0 saturated heterocycles. The second kappa shape index (κ2) is 4.53. The van der Waals surface area contributed by atoms with E-state index in [2.05, 4.69) is 15.9 Å². The number of rotatable bonds is 2. The van der Waals surface area contributed by atoms with Gasteiger partial charge in [0.2, 0.25) is 0 Å². The van der Waals surface area contributed by atoms with Crippen molar-refractivity contribution in [2.45, 2.75) is 6.92 Å². The van der Waals surface area contributed by atoms with E-state index < -0.39 is 17.6 Å². The lowest BCUT2D eigenvalue weighted by atomic mass is 10.1. The smallest absolute Gasteiger partial charge is 0.331 e. The molecule has 0 atom stereocenters. The van der Waals surface area contributed by atoms with E-state index in [9.17, 15) is 13.6 Å². The first kappa shape index (κ1) is 11.8. The quantitative estimate of drug-likeness (QED) is 0.843. The fourth-order valence-corrected chi connectivity index (χ4v) is 1.37. The van der Waals surface area contributed by atoms with Crippen LogP contribution >= 0.6 is 15.9 Å². The molecular formula is C10H7BrF2O2. The average molecular weight is 277 g/mol. The van der Waals surface area contributed by atoms with E-state index >= 15 is 0 Å². The van der Waals surface area contributed by atoms with Gasteiger partial charge in [-0.15, -0.1) is 0 Å². The van der Waals surface area contributed by atoms with Crippen LogP contribution in [0, 0.1) is 11.6 Å². The zero-order valence-electron chi connectivity index (χ0n) is 7.72. The van der Waals surface area contributed by atoms with Crippen molar-refractivity contribution in [3.05, 3.63) is 39.4 Å². The topological polar surface area (TPSA) is 37.3 Å². The summed E-state index contributed by atoms with van der Waals surface area (Å²) in [5, 5.41) is 8.56. The summed E-state index contributed by atoms with van der Waals surface area (Å²) in [7, 11) is 0. The van der Waals surface area contributed by atoms with Gasteiger partial charge in [-0.25, -0.2) is 13.6 Å². The van der Waals surface area contributed by atoms with Gasteiger partial charge in [-0.3, -0.25) is 0 Å². The number of halogens is 3. The fraction of sp³-hybridized carbons (Fsp3) is 0.100. The van der Waals surface area contributed by atoms with E-state index in [1.165, 1.54) is 6.92 Å². The van der Waals surface area contributed by atoms with Gasteiger partial charge in [-0.1, -0.05) is 15.9 Å². The van der Waals surface area contributed by atoms with Crippen molar-refractivity contribution in [3.8, 4) is 0 Å². The summed E-state index contributed by atoms with van der Waals surface area (Å²) in [4.78, 5) is 10.5. The summed E-state index contributed by atoms with van der Waals surface area (Å²) in [5.74, 6) is -2.82. The van der Waals surface area contributed by atoms with Crippen molar-refractivity contribution >= 4 is 28.0 Å². The lowest BCUT2D eigenvalue weighted by Gasteiger charge is -2.01. The minimum absolute atomic E-state index is 0.130. The Morgan fingerprint density at radius 3 is 2.27 bits per heavy atom. The van der Waals surface area contributed by atoms with Gasteiger partial charge in [0.1, 0.15) is 11.6 Å². The zero-order valence-corrected chi connectivity index (χ0v) is 9.31. The summed E-state index contributed by atoms with van der Waals surface area (Å²) >= 11 is 2.93. The Hall–Kier alpha value is -1.23. The number of hydrogen-bond donors (Lipinski definition) is 1. The first-order valence-electron chi connectivity index (χ1n) is 3.98. The monoisotopic (exact) mass is 276 g/mol. The van der Waals surface area contributed by atoms with Crippen LogP contribution in [0.15, 0.2) is 22.2 Å². The number of hydrogen-bond acceptors (Lipinski definition) is 1. The van der Waals surface area contributed by atoms with Crippen molar-refractivity contribution < 1.29 is 18.7 Å². The highest BCUT2D eigenvalue weighted by Gasteiger charge is 2.10. The third kappa shape index (κ3) is 2.86. The average Bonchev–Trinajstić information content (AvgIpc) is 2.10. The first-order chi connectivity index (χ1) is 6.91. The van der Waals surface area contributed by atoms with Crippen LogP contribution in [0.4, 0.5) is 8.78 Å². The van der Waals surface area contributed by atoms with Gasteiger partial charge in [-0.2, -0.15) is 0 Å². The number of carboxylic acid groups (broad SMARTS) is 1. The van der Waals surface area contributed by atoms with E-state index in [-0.39, 0.29) is 15.6 Å². The molecular weight excluding hydrogens is 270 g/mol. The molecule has 0 aromatic heterocycles. The van der Waals surface area contributed by atoms with E-state index in [0.717, 1.165) is 18.2 Å². The minimum atomic E-state index is -1.21. The van der Waals surface area contributed by atoms with E-state index in [1.807, 2.05) is 0 Å². The highest BCUT2D eigenvalue weighted by atomic mass is 79.9. The van der Waals surface area contributed by atoms with E-state index in [1.54, 1.807) is 0 Å². The number of aliphatic carboxylic acids is 1. The van der Waals surface area contributed by atoms with Crippen LogP contribution < -0.4 is 0 Å². The molecule has 0 saturated carbocycles. The van der Waals surface area contributed by atoms with Crippen LogP contribution in [0.1, 0.15) is 12.5 Å². The van der Waals surface area contributed by atoms with Gasteiger partial charge in [0.25, 0.3) is 0 Å². The maximum Gasteiger partial charge on any atom is 0.331 e. The van der Waals surface area contributed by atoms with Crippen LogP contribution in [0.25, 0.3) is 6.08 Å². The Labute approximate surface area is 93.4 Å². The molecule has 2 nitrogen and oxygen atoms in total. The summed E-state index contributed by atoms with van der Waals surface area (Å²) in [6, 6.07) is 2.15. The minimum Gasteiger partial charge on any atom is -0.478 e. The molecule has 80 valence electrons. The molecule has 0 unspecified atom stereocenters. The van der Waals surface area contributed by atoms with Gasteiger partial charge in [0, 0.05) is 15.6 Å². The van der Waals surface area contributed by atoms with E-state index in [0.29, 0.717) is 0 Å². The van der Waals surface area contributed by atoms with Gasteiger partial charge in [0.05, 0.1) is 0 Å². The largest absolute Gasteiger partial charge is 0.478 e. The highest BCUT2D eigenvalue weighted by Crippen LogP contribution is 2.21. The Morgan fingerprint density at radius 2 is 1.87 bits per heavy atom. The Morgan fingerprint density at radius 1 is 1.40 bits per heavy atom. The first-order valence-corrected chi connectivity index (χ1v) is 4.77. The molecule has 0 amide bonds. The molecule has 15 heavy (non-hydrogen) atoms. The Balaban J connectivity index is 3.27. The molecule has 0 aliphatic rings. The lowest BCUT2D eigenvalue weighted by Crippen LogP contribution is -1.97. The zero-order chi connectivity index (χ0) is 11.6. The van der Waals surface area contributed by atoms with Crippen molar-refractivity contribution in [1.29, 1.82) is 0 Å². The predicted molar refractivity (Wildman–Crippen MR) is 55.3 cm³/mol. The molecule has 1 aromatic carbocycles. The second-order valence-corrected chi connectivity index (χ2v) is 3.83. The van der Waals surface area contributed by atoms with Crippen molar-refractivity contribution in [1.82, 2.24) is 0 Å². The van der Waals surface area contributed by atoms with Crippen molar-refractivity contribution in [3.63, 3.8) is 0 Å². The third-order valence-corrected chi connectivity index (χ3v) is 2.20. The molecule has 1 N–H and O–H groups in total. The molecule has 1 aromatic rings. The second-order valence-electron chi connectivity index (χ2n) is 2.92. The number of benzene rings is 1. The molecule has 0 aliphatic carbocycles. The third-order valence-electron chi connectivity index (χ3n) is 1.74. The fourth-order valence-electron chi connectivity index (χ4n) is 0.970. The van der Waals surface area contributed by atoms with Crippen LogP contribution in [-0.2, 0) is 4.79 Å². The summed E-state index contributed by atoms with van der Waals surface area (Å²) in [6.45, 7) is 1.27. The van der Waals surface area contributed by atoms with Crippen molar-refractivity contribution in [2.75, 3.05) is 0 Å². The van der Waals surface area contributed by atoms with E-state index in [4.69, 9.17) is 5.11 Å². The standard InChI is InChI=1S/C10H7BrF2O2/c1-5(10(14)15)2-7-8(12)3-6(11)4-9(7)13/h2-4H,1H3,(H,14,15)/b5-2+. The summed E-state index contributed by atoms with van der Waals surface area (Å²) in [6.07, 6.45) is 0.958. The van der Waals surface area contributed by atoms with Crippen molar-refractivity contribution in [2.24, 2.45) is 0 Å². The molecule has 0 fully saturated rings. The Kier molecular flexibility index (Phi) is 3.57. The molecule has 0 radical (unpaired) electrons. The molecule has 1 rings (SSSR count). The van der Waals surface area contributed by atoms with Gasteiger partial charge < -0.3 is 5.11 Å². The maximum absolute atomic E-state index is 13.2. The predicted octanol–water partition coefficient (Wildman–Crippen LogP) is 3.22. The maximum atomic E-state index is 13.2. The summed E-state index contributed by atoms with van der Waals surface area (Å²) < 4.78 is 26.7. The van der Waals surface area contributed by atoms with Crippen LogP contribution in [-0.4, -0.2) is 11.1 Å². The summed E-state index contributed by atoms with van der Waals surface area (Å²) in [5.41, 5.74) is -0.478. The SMILES string of the molecule is C/C(=C\c1c(F)cc(Br)cc1F)C(=O)O. The molecule has 0 bridgehead atoms. The molecule has 5 heteroatoms. The van der Waals surface area contributed by atoms with Crippen LogP contribution in [0.5, 0.6) is 0 Å². The van der Waals surface area contributed by atoms with Crippen LogP contribution in [0.3, 0.4) is 0 Å². The number of carbonyl (C=O) groups is 1. The normalized spacial score (nSPS) is 11.6. The highest BCUT2D eigenvalue weighted by molar-refractivity contribution is 9.10. The Bertz CT molecular complexity index is 418. The van der Waals surface area contributed by atoms with Gasteiger partial charge >= 0.3 is 5.97 Å². The molecule has 0 spiro atoms.